The second-order valence-corrected chi connectivity index (χ2v) is 11.4. The third-order valence-corrected chi connectivity index (χ3v) is 8.62. The molecule has 0 atom stereocenters. The van der Waals surface area contributed by atoms with Crippen LogP contribution in [0.25, 0.3) is 11.4 Å². The van der Waals surface area contributed by atoms with Crippen molar-refractivity contribution in [3.8, 4) is 23.5 Å². The largest absolute Gasteiger partial charge is 0.383 e. The van der Waals surface area contributed by atoms with Crippen molar-refractivity contribution in [1.29, 1.82) is 10.5 Å². The Bertz CT molecular complexity index is 1450. The van der Waals surface area contributed by atoms with E-state index >= 15 is 0 Å². The van der Waals surface area contributed by atoms with Gasteiger partial charge in [-0.2, -0.15) is 20.7 Å². The number of nitriles is 2. The molecule has 0 aliphatic heterocycles. The van der Waals surface area contributed by atoms with E-state index in [9.17, 15) is 10.5 Å². The first-order valence-electron chi connectivity index (χ1n) is 9.28. The van der Waals surface area contributed by atoms with E-state index in [1.807, 2.05) is 12.1 Å². The lowest BCUT2D eigenvalue weighted by molar-refractivity contribution is 0.884. The van der Waals surface area contributed by atoms with Crippen LogP contribution >= 0.6 is 91.2 Å². The molecule has 4 aromatic rings. The van der Waals surface area contributed by atoms with Crippen molar-refractivity contribution >= 4 is 103 Å². The second kappa shape index (κ2) is 10.7. The minimum Gasteiger partial charge on any atom is -0.383 e. The fourth-order valence-corrected chi connectivity index (χ4v) is 7.32. The van der Waals surface area contributed by atoms with Crippen LogP contribution in [-0.2, 0) is 0 Å². The summed E-state index contributed by atoms with van der Waals surface area (Å²) in [5.74, 6) is 0.173. The highest BCUT2D eigenvalue weighted by atomic mass is 35.5. The standard InChI is InChI=1S/C20H8Cl6N8S2/c21-7-1-9(23)15(10(24)2-7)33-19(29)17(13(5-27)31-33)35-36-18-14(6-28)32-34(20(18)30)16-11(25)3-8(22)4-12(16)26/h1-4H,29-30H2. The summed E-state index contributed by atoms with van der Waals surface area (Å²) in [6, 6.07) is 9.86. The van der Waals surface area contributed by atoms with Gasteiger partial charge in [0.2, 0.25) is 0 Å². The molecule has 0 unspecified atom stereocenters. The molecule has 0 saturated carbocycles. The zero-order valence-corrected chi connectivity index (χ0v) is 23.4. The van der Waals surface area contributed by atoms with E-state index in [2.05, 4.69) is 10.2 Å². The van der Waals surface area contributed by atoms with E-state index in [4.69, 9.17) is 81.1 Å². The molecule has 2 heterocycles. The van der Waals surface area contributed by atoms with Crippen molar-refractivity contribution < 1.29 is 0 Å². The van der Waals surface area contributed by atoms with Crippen LogP contribution in [0.3, 0.4) is 0 Å². The van der Waals surface area contributed by atoms with E-state index in [1.54, 1.807) is 0 Å². The van der Waals surface area contributed by atoms with Gasteiger partial charge in [0.05, 0.1) is 29.9 Å². The fraction of sp³-hybridized carbons (Fsp3) is 0. The smallest absolute Gasteiger partial charge is 0.179 e. The van der Waals surface area contributed by atoms with E-state index in [1.165, 1.54) is 33.6 Å². The molecular weight excluding hydrogens is 629 g/mol. The maximum absolute atomic E-state index is 9.65. The Kier molecular flexibility index (Phi) is 8.01. The Morgan fingerprint density at radius 2 is 0.944 bits per heavy atom. The van der Waals surface area contributed by atoms with Gasteiger partial charge in [0.15, 0.2) is 11.4 Å². The van der Waals surface area contributed by atoms with Gasteiger partial charge in [-0.1, -0.05) is 69.6 Å². The SMILES string of the molecule is N#Cc1nn(-c2c(Cl)cc(Cl)cc2Cl)c(N)c1SSc1c(C#N)nn(-c2c(Cl)cc(Cl)cc2Cl)c1N. The Balaban J connectivity index is 1.75. The normalized spacial score (nSPS) is 10.9. The van der Waals surface area contributed by atoms with E-state index < -0.39 is 0 Å². The van der Waals surface area contributed by atoms with Crippen molar-refractivity contribution in [2.24, 2.45) is 0 Å². The minimum absolute atomic E-state index is 0.000319. The second-order valence-electron chi connectivity index (χ2n) is 6.78. The van der Waals surface area contributed by atoms with Crippen LogP contribution < -0.4 is 11.5 Å². The number of nitrogen functional groups attached to an aromatic ring is 2. The number of nitrogens with two attached hydrogens (primary N) is 2. The maximum Gasteiger partial charge on any atom is 0.179 e. The zero-order chi connectivity index (χ0) is 26.3. The fourth-order valence-electron chi connectivity index (χ4n) is 3.04. The first-order chi connectivity index (χ1) is 17.1. The van der Waals surface area contributed by atoms with E-state index in [0.717, 1.165) is 21.6 Å². The van der Waals surface area contributed by atoms with Crippen LogP contribution in [0.15, 0.2) is 34.1 Å². The number of hydrogen-bond donors (Lipinski definition) is 2. The molecule has 0 bridgehead atoms. The molecule has 0 saturated heterocycles. The minimum atomic E-state index is 0.000319. The van der Waals surface area contributed by atoms with Crippen molar-refractivity contribution in [3.05, 3.63) is 65.8 Å². The molecule has 0 radical (unpaired) electrons. The number of halogens is 6. The highest BCUT2D eigenvalue weighted by Gasteiger charge is 2.25. The summed E-state index contributed by atoms with van der Waals surface area (Å²) in [4.78, 5) is 0.589. The number of hydrogen-bond acceptors (Lipinski definition) is 8. The highest BCUT2D eigenvalue weighted by molar-refractivity contribution is 8.76. The average Bonchev–Trinajstić information content (AvgIpc) is 3.27. The third kappa shape index (κ3) is 4.89. The van der Waals surface area contributed by atoms with Crippen LogP contribution in [-0.4, -0.2) is 19.6 Å². The molecule has 0 spiro atoms. The molecule has 0 aliphatic carbocycles. The van der Waals surface area contributed by atoms with Crippen LogP contribution in [0.4, 0.5) is 11.6 Å². The van der Waals surface area contributed by atoms with Gasteiger partial charge in [0, 0.05) is 10.0 Å². The number of rotatable bonds is 5. The van der Waals surface area contributed by atoms with Crippen LogP contribution in [0.5, 0.6) is 0 Å². The first-order valence-corrected chi connectivity index (χ1v) is 13.7. The monoisotopic (exact) mass is 634 g/mol. The molecule has 0 amide bonds. The lowest BCUT2D eigenvalue weighted by Crippen LogP contribution is -2.04. The van der Waals surface area contributed by atoms with Crippen molar-refractivity contribution in [1.82, 2.24) is 19.6 Å². The van der Waals surface area contributed by atoms with Gasteiger partial charge < -0.3 is 11.5 Å². The van der Waals surface area contributed by atoms with Crippen LogP contribution in [0.2, 0.25) is 30.1 Å². The molecule has 8 nitrogen and oxygen atoms in total. The first kappa shape index (κ1) is 26.9. The van der Waals surface area contributed by atoms with E-state index in [0.29, 0.717) is 19.8 Å². The van der Waals surface area contributed by atoms with Gasteiger partial charge in [-0.05, 0) is 45.9 Å². The molecule has 2 aromatic carbocycles. The van der Waals surface area contributed by atoms with Gasteiger partial charge in [0.25, 0.3) is 0 Å². The lowest BCUT2D eigenvalue weighted by atomic mass is 10.3. The summed E-state index contributed by atoms with van der Waals surface area (Å²) >= 11 is 37.2. The van der Waals surface area contributed by atoms with Crippen molar-refractivity contribution in [2.75, 3.05) is 11.5 Å². The summed E-state index contributed by atoms with van der Waals surface area (Å²) in [5, 5.41) is 29.1. The topological polar surface area (TPSA) is 135 Å². The predicted molar refractivity (Wildman–Crippen MR) is 147 cm³/mol. The maximum atomic E-state index is 9.65. The van der Waals surface area contributed by atoms with Gasteiger partial charge in [-0.15, -0.1) is 0 Å². The molecule has 36 heavy (non-hydrogen) atoms. The molecule has 0 fully saturated rings. The van der Waals surface area contributed by atoms with Gasteiger partial charge in [0.1, 0.15) is 35.1 Å². The summed E-state index contributed by atoms with van der Waals surface area (Å²) in [6.45, 7) is 0. The molecule has 2 aromatic heterocycles. The third-order valence-electron chi connectivity index (χ3n) is 4.56. The predicted octanol–water partition coefficient (Wildman–Crippen LogP) is 7.69. The Morgan fingerprint density at radius 3 is 1.22 bits per heavy atom. The molecule has 4 N–H and O–H groups in total. The Hall–Kier alpha value is -2.12. The average molecular weight is 637 g/mol. The van der Waals surface area contributed by atoms with E-state index in [-0.39, 0.29) is 54.5 Å². The quantitative estimate of drug-likeness (QED) is 0.213. The molecule has 0 aliphatic rings. The molecule has 182 valence electrons. The summed E-state index contributed by atoms with van der Waals surface area (Å²) in [6.07, 6.45) is 0. The lowest BCUT2D eigenvalue weighted by Gasteiger charge is -2.10. The zero-order valence-electron chi connectivity index (χ0n) is 17.2. The van der Waals surface area contributed by atoms with Gasteiger partial charge >= 0.3 is 0 Å². The van der Waals surface area contributed by atoms with Gasteiger partial charge in [-0.3, -0.25) is 0 Å². The molecular formula is C20H8Cl6N8S2. The molecule has 4 rings (SSSR count). The molecule has 16 heteroatoms. The van der Waals surface area contributed by atoms with Crippen molar-refractivity contribution in [2.45, 2.75) is 9.79 Å². The summed E-state index contributed by atoms with van der Waals surface area (Å²) in [5.41, 5.74) is 13.1. The van der Waals surface area contributed by atoms with Crippen LogP contribution in [0, 0.1) is 22.7 Å². The van der Waals surface area contributed by atoms with Crippen LogP contribution in [0.1, 0.15) is 11.4 Å². The summed E-state index contributed by atoms with van der Waals surface area (Å²) in [7, 11) is 2.09. The highest BCUT2D eigenvalue weighted by Crippen LogP contribution is 2.47. The van der Waals surface area contributed by atoms with Gasteiger partial charge in [-0.25, -0.2) is 9.36 Å². The number of benzene rings is 2. The Morgan fingerprint density at radius 1 is 0.639 bits per heavy atom. The number of aromatic nitrogens is 4. The van der Waals surface area contributed by atoms with Crippen molar-refractivity contribution in [3.63, 3.8) is 0 Å². The number of anilines is 2. The summed E-state index contributed by atoms with van der Waals surface area (Å²) < 4.78 is 2.49. The Labute approximate surface area is 241 Å². The number of nitrogens with zero attached hydrogens (tertiary/aromatic N) is 6.